The second-order valence-corrected chi connectivity index (χ2v) is 15.9. The summed E-state index contributed by atoms with van der Waals surface area (Å²) < 4.78 is 32.9. The van der Waals surface area contributed by atoms with Gasteiger partial charge >= 0.3 is 210 Å². The number of carbonyl (C=O) groups excluding carboxylic acids is 1. The number of rotatable bonds is 7. The number of hydrogen-bond donors (Lipinski definition) is 1. The van der Waals surface area contributed by atoms with Gasteiger partial charge in [-0.3, -0.25) is 0 Å². The number of ether oxygens (including phenoxy) is 1. The van der Waals surface area contributed by atoms with Crippen molar-refractivity contribution in [2.45, 2.75) is 79.7 Å². The van der Waals surface area contributed by atoms with Gasteiger partial charge in [0, 0.05) is 0 Å². The molecular formula is C26H35NO5SSe. The van der Waals surface area contributed by atoms with Crippen molar-refractivity contribution in [3.8, 4) is 0 Å². The first kappa shape index (κ1) is 26.7. The third kappa shape index (κ3) is 6.22. The molecule has 3 rings (SSSR count). The fraction of sp³-hybridized carbons (Fsp3) is 0.500. The van der Waals surface area contributed by atoms with Crippen molar-refractivity contribution in [3.63, 3.8) is 0 Å². The summed E-state index contributed by atoms with van der Waals surface area (Å²) in [6, 6.07) is 17.5. The minimum atomic E-state index is -3.87. The molecular weight excluding hydrogens is 517 g/mol. The Morgan fingerprint density at radius 2 is 1.65 bits per heavy atom. The van der Waals surface area contributed by atoms with Gasteiger partial charge in [0.15, 0.2) is 0 Å². The van der Waals surface area contributed by atoms with Crippen LogP contribution in [0.3, 0.4) is 0 Å². The van der Waals surface area contributed by atoms with Crippen LogP contribution >= 0.6 is 0 Å². The Morgan fingerprint density at radius 1 is 1.06 bits per heavy atom. The van der Waals surface area contributed by atoms with Crippen LogP contribution in [-0.4, -0.2) is 67.4 Å². The molecule has 1 aliphatic heterocycles. The molecule has 0 bridgehead atoms. The van der Waals surface area contributed by atoms with E-state index in [1.165, 1.54) is 0 Å². The maximum atomic E-state index is 13.9. The molecule has 8 heteroatoms. The van der Waals surface area contributed by atoms with E-state index in [-0.39, 0.29) is 17.4 Å². The Morgan fingerprint density at radius 3 is 2.24 bits per heavy atom. The molecule has 0 aromatic heterocycles. The standard InChI is InChI=1S/C26H35NO5SSe/c1-25(2,3)32-24(29)27-18-12-11-13-20(27)19-23(28)26(4,34-22-16-9-6-10-17-22)33(30,31)21-14-7-5-8-15-21/h5-10,14-17,20,23,28H,11-13,18-19H2,1-4H3. The van der Waals surface area contributed by atoms with E-state index in [1.54, 1.807) is 42.2 Å². The Bertz CT molecular complexity index is 1060. The Labute approximate surface area is 209 Å². The second-order valence-electron chi connectivity index (χ2n) is 9.82. The Hall–Kier alpha value is -1.86. The minimum absolute atomic E-state index is 0.177. The number of likely N-dealkylation sites (tertiary alicyclic amines) is 1. The molecule has 2 aromatic rings. The van der Waals surface area contributed by atoms with Gasteiger partial charge in [0.05, 0.1) is 0 Å². The molecule has 6 nitrogen and oxygen atoms in total. The first-order valence-electron chi connectivity index (χ1n) is 11.7. The first-order valence-corrected chi connectivity index (χ1v) is 14.8. The number of aliphatic hydroxyl groups is 1. The van der Waals surface area contributed by atoms with Gasteiger partial charge in [-0.15, -0.1) is 0 Å². The molecule has 34 heavy (non-hydrogen) atoms. The van der Waals surface area contributed by atoms with Crippen LogP contribution in [0.5, 0.6) is 0 Å². The molecule has 1 heterocycles. The van der Waals surface area contributed by atoms with Gasteiger partial charge in [0.1, 0.15) is 0 Å². The fourth-order valence-corrected chi connectivity index (χ4v) is 9.56. The van der Waals surface area contributed by atoms with Crippen LogP contribution in [0.15, 0.2) is 65.6 Å². The van der Waals surface area contributed by atoms with E-state index < -0.39 is 46.2 Å². The summed E-state index contributed by atoms with van der Waals surface area (Å²) in [5.41, 5.74) is -0.626. The van der Waals surface area contributed by atoms with Crippen LogP contribution in [0.25, 0.3) is 0 Å². The molecule has 0 spiro atoms. The van der Waals surface area contributed by atoms with Crippen LogP contribution in [0.1, 0.15) is 53.4 Å². The molecule has 0 aliphatic carbocycles. The van der Waals surface area contributed by atoms with Crippen molar-refractivity contribution in [1.82, 2.24) is 4.90 Å². The average Bonchev–Trinajstić information content (AvgIpc) is 2.79. The zero-order chi connectivity index (χ0) is 25.0. The van der Waals surface area contributed by atoms with Crippen LogP contribution in [-0.2, 0) is 14.6 Å². The van der Waals surface area contributed by atoms with E-state index in [1.807, 2.05) is 51.1 Å². The molecule has 1 aliphatic rings. The van der Waals surface area contributed by atoms with Crippen molar-refractivity contribution in [3.05, 3.63) is 60.7 Å². The summed E-state index contributed by atoms with van der Waals surface area (Å²) in [5.74, 6) is 0. The summed E-state index contributed by atoms with van der Waals surface area (Å²) in [5, 5.41) is 11.6. The normalized spacial score (nSPS) is 19.8. The van der Waals surface area contributed by atoms with Crippen LogP contribution < -0.4 is 4.46 Å². The Kier molecular flexibility index (Phi) is 8.51. The number of piperidine rings is 1. The second kappa shape index (κ2) is 10.8. The van der Waals surface area contributed by atoms with E-state index in [9.17, 15) is 18.3 Å². The third-order valence-electron chi connectivity index (χ3n) is 6.01. The number of aliphatic hydroxyl groups excluding tert-OH is 1. The number of hydrogen-bond acceptors (Lipinski definition) is 5. The summed E-state index contributed by atoms with van der Waals surface area (Å²) in [4.78, 5) is 14.7. The third-order valence-corrected chi connectivity index (χ3v) is 12.5. The molecule has 3 atom stereocenters. The topological polar surface area (TPSA) is 83.9 Å². The van der Waals surface area contributed by atoms with Crippen molar-refractivity contribution < 1.29 is 23.1 Å². The maximum absolute atomic E-state index is 13.9. The molecule has 1 N–H and O–H groups in total. The number of amides is 1. The van der Waals surface area contributed by atoms with Crippen molar-refractivity contribution >= 4 is 35.3 Å². The summed E-state index contributed by atoms with van der Waals surface area (Å²) in [6.07, 6.45) is 1.09. The molecule has 2 aromatic carbocycles. The molecule has 1 amide bonds. The Balaban J connectivity index is 1.93. The van der Waals surface area contributed by atoms with Gasteiger partial charge < -0.3 is 0 Å². The van der Waals surface area contributed by atoms with Gasteiger partial charge in [-0.1, -0.05) is 0 Å². The zero-order valence-corrected chi connectivity index (χ0v) is 22.8. The van der Waals surface area contributed by atoms with Gasteiger partial charge in [0.2, 0.25) is 0 Å². The van der Waals surface area contributed by atoms with Crippen molar-refractivity contribution in [2.75, 3.05) is 6.54 Å². The van der Waals surface area contributed by atoms with Crippen molar-refractivity contribution in [2.24, 2.45) is 0 Å². The average molecular weight is 553 g/mol. The first-order chi connectivity index (χ1) is 15.9. The quantitative estimate of drug-likeness (QED) is 0.529. The molecule has 3 unspecified atom stereocenters. The van der Waals surface area contributed by atoms with Gasteiger partial charge in [-0.25, -0.2) is 0 Å². The van der Waals surface area contributed by atoms with Crippen LogP contribution in [0.4, 0.5) is 4.79 Å². The molecule has 0 radical (unpaired) electrons. The molecule has 186 valence electrons. The molecule has 0 saturated carbocycles. The van der Waals surface area contributed by atoms with Gasteiger partial charge in [-0.05, 0) is 0 Å². The summed E-state index contributed by atoms with van der Waals surface area (Å²) >= 11 is -0.576. The SMILES string of the molecule is CC(C)(C)OC(=O)N1CCCCC1CC(O)C(C)([Se]c1ccccc1)S(=O)(=O)c1ccccc1. The van der Waals surface area contributed by atoms with Crippen molar-refractivity contribution in [1.29, 1.82) is 0 Å². The zero-order valence-electron chi connectivity index (χ0n) is 20.3. The van der Waals surface area contributed by atoms with Gasteiger partial charge in [0.25, 0.3) is 0 Å². The fourth-order valence-electron chi connectivity index (χ4n) is 4.14. The van der Waals surface area contributed by atoms with E-state index in [0.29, 0.717) is 13.0 Å². The van der Waals surface area contributed by atoms with Crippen LogP contribution in [0.2, 0.25) is 0 Å². The number of nitrogens with zero attached hydrogens (tertiary/aromatic N) is 1. The van der Waals surface area contributed by atoms with E-state index >= 15 is 0 Å². The predicted octanol–water partition coefficient (Wildman–Crippen LogP) is 3.75. The van der Waals surface area contributed by atoms with Crippen LogP contribution in [0, 0.1) is 0 Å². The van der Waals surface area contributed by atoms with Gasteiger partial charge in [-0.2, -0.15) is 0 Å². The summed E-state index contributed by atoms with van der Waals surface area (Å²) in [7, 11) is -3.87. The number of benzene rings is 2. The van der Waals surface area contributed by atoms with E-state index in [4.69, 9.17) is 4.74 Å². The predicted molar refractivity (Wildman–Crippen MR) is 135 cm³/mol. The molecule has 1 saturated heterocycles. The molecule has 1 fully saturated rings. The summed E-state index contributed by atoms with van der Waals surface area (Å²) in [6.45, 7) is 7.66. The van der Waals surface area contributed by atoms with E-state index in [0.717, 1.165) is 17.3 Å². The van der Waals surface area contributed by atoms with E-state index in [2.05, 4.69) is 0 Å². The number of sulfone groups is 1. The monoisotopic (exact) mass is 553 g/mol. The number of carbonyl (C=O) groups is 1.